The van der Waals surface area contributed by atoms with E-state index < -0.39 is 0 Å². The minimum absolute atomic E-state index is 0.0165. The Hall–Kier alpha value is -1.88. The van der Waals surface area contributed by atoms with Crippen LogP contribution in [0.1, 0.15) is 26.6 Å². The number of aryl methyl sites for hydroxylation is 1. The molecule has 1 aliphatic heterocycles. The van der Waals surface area contributed by atoms with E-state index in [1.54, 1.807) is 7.11 Å². The van der Waals surface area contributed by atoms with Crippen LogP contribution in [0.3, 0.4) is 0 Å². The maximum absolute atomic E-state index is 12.4. The Balaban J connectivity index is 1.82. The summed E-state index contributed by atoms with van der Waals surface area (Å²) >= 11 is 1.51. The van der Waals surface area contributed by atoms with Gasteiger partial charge in [-0.15, -0.1) is 11.3 Å². The van der Waals surface area contributed by atoms with Crippen LogP contribution in [0.5, 0.6) is 5.75 Å². The van der Waals surface area contributed by atoms with Crippen LogP contribution in [0.25, 0.3) is 0 Å². The fourth-order valence-electron chi connectivity index (χ4n) is 2.46. The second kappa shape index (κ2) is 5.25. The Bertz CT molecular complexity index is 651. The van der Waals surface area contributed by atoms with Crippen molar-refractivity contribution in [2.75, 3.05) is 13.7 Å². The first-order valence-electron chi connectivity index (χ1n) is 6.54. The van der Waals surface area contributed by atoms with Gasteiger partial charge < -0.3 is 9.64 Å². The van der Waals surface area contributed by atoms with Crippen LogP contribution >= 0.6 is 11.3 Å². The van der Waals surface area contributed by atoms with Crippen molar-refractivity contribution < 1.29 is 9.53 Å². The van der Waals surface area contributed by atoms with Crippen molar-refractivity contribution in [3.05, 3.63) is 45.4 Å². The molecule has 1 aliphatic rings. The molecule has 1 aromatic heterocycles. The molecule has 2 aromatic rings. The monoisotopic (exact) mass is 288 g/mol. The third kappa shape index (κ3) is 2.41. The third-order valence-corrected chi connectivity index (χ3v) is 4.32. The number of hydrogen-bond acceptors (Lipinski definition) is 4. The topological polar surface area (TPSA) is 42.4 Å². The summed E-state index contributed by atoms with van der Waals surface area (Å²) in [5.41, 5.74) is 3.01. The summed E-state index contributed by atoms with van der Waals surface area (Å²) in [6, 6.07) is 6.07. The van der Waals surface area contributed by atoms with Crippen molar-refractivity contribution in [3.8, 4) is 5.75 Å². The van der Waals surface area contributed by atoms with Crippen molar-refractivity contribution in [3.63, 3.8) is 0 Å². The summed E-state index contributed by atoms with van der Waals surface area (Å²) in [7, 11) is 1.66. The van der Waals surface area contributed by atoms with Crippen LogP contribution in [-0.2, 0) is 13.0 Å². The lowest BCUT2D eigenvalue weighted by atomic mass is 9.99. The number of nitrogens with zero attached hydrogens (tertiary/aromatic N) is 2. The third-order valence-electron chi connectivity index (χ3n) is 3.55. The van der Waals surface area contributed by atoms with Gasteiger partial charge in [0.15, 0.2) is 0 Å². The van der Waals surface area contributed by atoms with Gasteiger partial charge in [-0.05, 0) is 36.6 Å². The van der Waals surface area contributed by atoms with Crippen LogP contribution < -0.4 is 4.74 Å². The Morgan fingerprint density at radius 2 is 2.25 bits per heavy atom. The predicted octanol–water partition coefficient (Wildman–Crippen LogP) is 2.66. The van der Waals surface area contributed by atoms with Gasteiger partial charge in [-0.3, -0.25) is 4.79 Å². The molecule has 0 N–H and O–H groups in total. The summed E-state index contributed by atoms with van der Waals surface area (Å²) in [6.45, 7) is 3.29. The summed E-state index contributed by atoms with van der Waals surface area (Å²) in [5.74, 6) is 0.852. The van der Waals surface area contributed by atoms with Crippen molar-refractivity contribution in [1.82, 2.24) is 9.88 Å². The molecule has 0 bridgehead atoms. The molecule has 104 valence electrons. The van der Waals surface area contributed by atoms with Crippen LogP contribution in [0.4, 0.5) is 0 Å². The normalized spacial score (nSPS) is 14.0. The highest BCUT2D eigenvalue weighted by Crippen LogP contribution is 2.25. The van der Waals surface area contributed by atoms with Gasteiger partial charge in [0.1, 0.15) is 11.4 Å². The quantitative estimate of drug-likeness (QED) is 0.853. The molecule has 20 heavy (non-hydrogen) atoms. The number of thiazole rings is 1. The molecule has 3 rings (SSSR count). The number of ether oxygens (including phenoxy) is 1. The smallest absolute Gasteiger partial charge is 0.273 e. The standard InChI is InChI=1S/C15H16N2O2S/c1-10-16-14(9-20-10)15(18)17-6-5-11-3-4-13(19-2)7-12(11)8-17/h3-4,7,9H,5-6,8H2,1-2H3. The van der Waals surface area contributed by atoms with Crippen molar-refractivity contribution >= 4 is 17.2 Å². The molecule has 2 heterocycles. The van der Waals surface area contributed by atoms with E-state index in [1.165, 1.54) is 16.9 Å². The lowest BCUT2D eigenvalue weighted by Gasteiger charge is -2.28. The van der Waals surface area contributed by atoms with Gasteiger partial charge >= 0.3 is 0 Å². The molecule has 0 saturated heterocycles. The lowest BCUT2D eigenvalue weighted by Crippen LogP contribution is -2.36. The molecule has 0 radical (unpaired) electrons. The number of carbonyl (C=O) groups is 1. The first-order chi connectivity index (χ1) is 9.67. The minimum Gasteiger partial charge on any atom is -0.497 e. The molecule has 0 spiro atoms. The summed E-state index contributed by atoms with van der Waals surface area (Å²) < 4.78 is 5.25. The van der Waals surface area contributed by atoms with Crippen molar-refractivity contribution in [1.29, 1.82) is 0 Å². The molecule has 0 unspecified atom stereocenters. The van der Waals surface area contributed by atoms with Crippen LogP contribution in [0.2, 0.25) is 0 Å². The molecular weight excluding hydrogens is 272 g/mol. The molecule has 4 nitrogen and oxygen atoms in total. The predicted molar refractivity (Wildman–Crippen MR) is 78.3 cm³/mol. The van der Waals surface area contributed by atoms with E-state index in [-0.39, 0.29) is 5.91 Å². The van der Waals surface area contributed by atoms with Gasteiger partial charge in [-0.1, -0.05) is 6.07 Å². The van der Waals surface area contributed by atoms with Crippen LogP contribution in [-0.4, -0.2) is 29.4 Å². The highest BCUT2D eigenvalue weighted by Gasteiger charge is 2.23. The zero-order valence-electron chi connectivity index (χ0n) is 11.5. The van der Waals surface area contributed by atoms with Crippen LogP contribution in [0.15, 0.2) is 23.6 Å². The van der Waals surface area contributed by atoms with E-state index in [2.05, 4.69) is 11.1 Å². The molecule has 0 aliphatic carbocycles. The summed E-state index contributed by atoms with van der Waals surface area (Å²) in [5, 5.41) is 2.76. The highest BCUT2D eigenvalue weighted by atomic mass is 32.1. The fraction of sp³-hybridized carbons (Fsp3) is 0.333. The van der Waals surface area contributed by atoms with E-state index in [4.69, 9.17) is 4.74 Å². The van der Waals surface area contributed by atoms with Gasteiger partial charge in [0, 0.05) is 18.5 Å². The Labute approximate surface area is 122 Å². The SMILES string of the molecule is COc1ccc2c(c1)CN(C(=O)c1csc(C)n1)CC2. The number of rotatable bonds is 2. The maximum Gasteiger partial charge on any atom is 0.273 e. The van der Waals surface area contributed by atoms with Gasteiger partial charge in [-0.25, -0.2) is 4.98 Å². The molecule has 1 amide bonds. The summed E-state index contributed by atoms with van der Waals surface area (Å²) in [6.07, 6.45) is 0.883. The lowest BCUT2D eigenvalue weighted by molar-refractivity contribution is 0.0729. The van der Waals surface area contributed by atoms with E-state index in [1.807, 2.05) is 29.3 Å². The van der Waals surface area contributed by atoms with E-state index in [0.29, 0.717) is 12.2 Å². The Morgan fingerprint density at radius 3 is 2.95 bits per heavy atom. The second-order valence-electron chi connectivity index (χ2n) is 4.86. The van der Waals surface area contributed by atoms with Crippen molar-refractivity contribution in [2.24, 2.45) is 0 Å². The second-order valence-corrected chi connectivity index (χ2v) is 5.93. The van der Waals surface area contributed by atoms with E-state index in [0.717, 1.165) is 29.3 Å². The number of amides is 1. The largest absolute Gasteiger partial charge is 0.497 e. The first-order valence-corrected chi connectivity index (χ1v) is 7.42. The average molecular weight is 288 g/mol. The molecule has 0 fully saturated rings. The fourth-order valence-corrected chi connectivity index (χ4v) is 3.04. The van der Waals surface area contributed by atoms with Gasteiger partial charge in [0.05, 0.1) is 12.1 Å². The number of methoxy groups -OCH3 is 1. The van der Waals surface area contributed by atoms with Gasteiger partial charge in [0.25, 0.3) is 5.91 Å². The van der Waals surface area contributed by atoms with E-state index >= 15 is 0 Å². The van der Waals surface area contributed by atoms with Crippen LogP contribution in [0, 0.1) is 6.92 Å². The van der Waals surface area contributed by atoms with Gasteiger partial charge in [0.2, 0.25) is 0 Å². The highest BCUT2D eigenvalue weighted by molar-refractivity contribution is 7.09. The van der Waals surface area contributed by atoms with Gasteiger partial charge in [-0.2, -0.15) is 0 Å². The zero-order valence-corrected chi connectivity index (χ0v) is 12.4. The maximum atomic E-state index is 12.4. The average Bonchev–Trinajstić information content (AvgIpc) is 2.91. The van der Waals surface area contributed by atoms with E-state index in [9.17, 15) is 4.79 Å². The molecule has 0 atom stereocenters. The number of benzene rings is 1. The Morgan fingerprint density at radius 1 is 1.40 bits per heavy atom. The number of carbonyl (C=O) groups excluding carboxylic acids is 1. The van der Waals surface area contributed by atoms with Crippen molar-refractivity contribution in [2.45, 2.75) is 19.9 Å². The molecular formula is C15H16N2O2S. The molecule has 5 heteroatoms. The molecule has 1 aromatic carbocycles. The molecule has 0 saturated carbocycles. The summed E-state index contributed by atoms with van der Waals surface area (Å²) in [4.78, 5) is 18.6. The first kappa shape index (κ1) is 13.1. The Kier molecular flexibility index (Phi) is 3.44. The minimum atomic E-state index is 0.0165. The zero-order chi connectivity index (χ0) is 14.1. The number of aromatic nitrogens is 1. The number of fused-ring (bicyclic) bond motifs is 1. The number of hydrogen-bond donors (Lipinski definition) is 0.